The van der Waals surface area contributed by atoms with Gasteiger partial charge in [0.2, 0.25) is 41.4 Å². The van der Waals surface area contributed by atoms with Crippen LogP contribution in [0.1, 0.15) is 79.0 Å². The van der Waals surface area contributed by atoms with Crippen molar-refractivity contribution in [2.75, 3.05) is 59.1 Å². The molecule has 27 nitrogen and oxygen atoms in total. The van der Waals surface area contributed by atoms with E-state index in [-0.39, 0.29) is 93.2 Å². The van der Waals surface area contributed by atoms with Crippen LogP contribution in [0.25, 0.3) is 22.3 Å². The number of hydrogen-bond donors (Lipinski definition) is 8. The number of esters is 1. The number of imide groups is 1. The number of likely N-dealkylation sites (tertiary alicyclic amines) is 1. The molecular weight excluding hydrogens is 1060 g/mol. The SMILES string of the molecule is CC[C@@]1(O)C(=O)OCc2c1cc1n(c2=O)Cc2c-1nc1cc(F)c(C)c3c1c2[C@@H](NC(=O)CONC(=O)[C@H]1[C@@H](F)CCN1C(=O)CNC(=O)CNC(=O)[C@H](C)NC(=O)CNC(=O)CNC(=O)CCOCCN1C(=O)C=CC1=O)CC3. The zero-order valence-electron chi connectivity index (χ0n) is 43.5. The zero-order chi connectivity index (χ0) is 57.7. The number of halogens is 2. The number of carbonyl (C=O) groups is 11. The Morgan fingerprint density at radius 1 is 0.875 bits per heavy atom. The fourth-order valence-corrected chi connectivity index (χ4v) is 10.1. The molecule has 8 N–H and O–H groups in total. The third-order valence-electron chi connectivity index (χ3n) is 14.4. The normalized spacial score (nSPS) is 19.8. The Bertz CT molecular complexity index is 3200. The summed E-state index contributed by atoms with van der Waals surface area (Å²) in [7, 11) is 0. The Hall–Kier alpha value is -8.57. The topological polar surface area (TPSA) is 361 Å². The summed E-state index contributed by atoms with van der Waals surface area (Å²) in [4.78, 5) is 163. The number of fused-ring (bicyclic) bond motifs is 5. The van der Waals surface area contributed by atoms with Gasteiger partial charge < -0.3 is 55.9 Å². The molecule has 0 saturated carbocycles. The van der Waals surface area contributed by atoms with Crippen LogP contribution in [-0.2, 0) is 92.2 Å². The Morgan fingerprint density at radius 3 is 2.29 bits per heavy atom. The number of cyclic esters (lactones) is 1. The first-order chi connectivity index (χ1) is 38.1. The number of hydroxylamine groups is 1. The van der Waals surface area contributed by atoms with E-state index in [0.29, 0.717) is 34.1 Å². The van der Waals surface area contributed by atoms with E-state index in [1.54, 1.807) is 13.8 Å². The summed E-state index contributed by atoms with van der Waals surface area (Å²) < 4.78 is 42.4. The van der Waals surface area contributed by atoms with Crippen LogP contribution in [0.15, 0.2) is 29.1 Å². The maximum absolute atomic E-state index is 15.4. The first-order valence-electron chi connectivity index (χ1n) is 25.6. The van der Waals surface area contributed by atoms with Crippen molar-refractivity contribution in [3.8, 4) is 11.4 Å². The van der Waals surface area contributed by atoms with Crippen molar-refractivity contribution in [2.45, 2.75) is 95.9 Å². The maximum atomic E-state index is 15.4. The van der Waals surface area contributed by atoms with Crippen LogP contribution >= 0.6 is 0 Å². The summed E-state index contributed by atoms with van der Waals surface area (Å²) in [5, 5.41) is 26.2. The van der Waals surface area contributed by atoms with Crippen LogP contribution in [0.2, 0.25) is 0 Å². The van der Waals surface area contributed by atoms with Gasteiger partial charge in [0, 0.05) is 47.7 Å². The summed E-state index contributed by atoms with van der Waals surface area (Å²) in [6, 6.07) is -0.874. The molecule has 6 heterocycles. The van der Waals surface area contributed by atoms with Crippen molar-refractivity contribution in [3.63, 3.8) is 0 Å². The molecule has 4 aliphatic heterocycles. The highest BCUT2D eigenvalue weighted by molar-refractivity contribution is 6.13. The highest BCUT2D eigenvalue weighted by atomic mass is 19.1. The lowest BCUT2D eigenvalue weighted by atomic mass is 9.81. The van der Waals surface area contributed by atoms with Gasteiger partial charge >= 0.3 is 5.97 Å². The number of benzene rings is 1. The van der Waals surface area contributed by atoms with Gasteiger partial charge in [0.25, 0.3) is 23.3 Å². The molecule has 1 aromatic carbocycles. The average Bonchev–Trinajstić information content (AvgIpc) is 4.12. The van der Waals surface area contributed by atoms with E-state index in [2.05, 4.69) is 31.9 Å². The molecule has 1 aliphatic carbocycles. The van der Waals surface area contributed by atoms with Crippen molar-refractivity contribution in [2.24, 2.45) is 0 Å². The van der Waals surface area contributed by atoms with E-state index < -0.39 is 139 Å². The minimum absolute atomic E-state index is 0.00364. The molecular formula is C51H57F2N11O16. The molecule has 80 heavy (non-hydrogen) atoms. The first kappa shape index (κ1) is 57.6. The summed E-state index contributed by atoms with van der Waals surface area (Å²) in [6.45, 7) is 0.656. The molecule has 1 saturated heterocycles. The third kappa shape index (κ3) is 12.0. The number of rotatable bonds is 22. The van der Waals surface area contributed by atoms with Gasteiger partial charge in [-0.1, -0.05) is 6.92 Å². The van der Waals surface area contributed by atoms with E-state index in [4.69, 9.17) is 19.3 Å². The predicted octanol–water partition coefficient (Wildman–Crippen LogP) is -3.08. The molecule has 0 unspecified atom stereocenters. The largest absolute Gasteiger partial charge is 0.458 e. The van der Waals surface area contributed by atoms with Gasteiger partial charge in [0.05, 0.1) is 81.0 Å². The van der Waals surface area contributed by atoms with Gasteiger partial charge in [-0.15, -0.1) is 0 Å². The fraction of sp³-hybridized carbons (Fsp3) is 0.471. The molecule has 5 atom stereocenters. The Morgan fingerprint density at radius 2 is 1.56 bits per heavy atom. The maximum Gasteiger partial charge on any atom is 0.343 e. The molecule has 0 radical (unpaired) electrons. The standard InChI is InChI=1S/C51H57F2N11O16/c1-4-51(77)29-15-34-45-27(21-64(34)49(75)28(29)22-79-50(51)76)44-32(6-5-26-24(2)31(53)16-33(60-45)43(26)44)59-39(69)23-80-61-48(74)46-30(52)9-11-63(46)42(72)20-56-37(67)18-57-47(73)25(3)58-38(68)19-55-36(66)17-54-35(65)10-13-78-14-12-62-40(70)7-8-41(62)71/h7-8,15-16,25,30,32,46,77H,4-6,9-14,17-23H2,1-3H3,(H,54,65)(H,55,66)(H,56,67)(H,57,73)(H,58,68)(H,59,69)(H,61,74)/t25-,30-,32-,46+,51-/m0/s1. The number of carbonyl (C=O) groups excluding carboxylic acids is 11. The number of nitrogens with one attached hydrogen (secondary N) is 7. The number of aromatic nitrogens is 2. The highest BCUT2D eigenvalue weighted by Gasteiger charge is 2.46. The lowest BCUT2D eigenvalue weighted by molar-refractivity contribution is -0.172. The predicted molar refractivity (Wildman–Crippen MR) is 268 cm³/mol. The summed E-state index contributed by atoms with van der Waals surface area (Å²) in [6.07, 6.45) is 0.548. The fourth-order valence-electron chi connectivity index (χ4n) is 10.1. The van der Waals surface area contributed by atoms with Crippen molar-refractivity contribution in [1.29, 1.82) is 0 Å². The van der Waals surface area contributed by atoms with E-state index in [9.17, 15) is 62.6 Å². The van der Waals surface area contributed by atoms with Crippen LogP contribution in [0, 0.1) is 12.7 Å². The van der Waals surface area contributed by atoms with Crippen LogP contribution < -0.4 is 42.9 Å². The van der Waals surface area contributed by atoms with Gasteiger partial charge in [0.15, 0.2) is 12.2 Å². The quantitative estimate of drug-likeness (QED) is 0.0167. The van der Waals surface area contributed by atoms with Crippen molar-refractivity contribution in [1.82, 2.24) is 56.7 Å². The number of pyridine rings is 2. The lowest BCUT2D eigenvalue weighted by Gasteiger charge is -2.31. The van der Waals surface area contributed by atoms with Crippen molar-refractivity contribution >= 4 is 75.9 Å². The van der Waals surface area contributed by atoms with Gasteiger partial charge in [0.1, 0.15) is 30.7 Å². The number of alkyl halides is 1. The smallest absolute Gasteiger partial charge is 0.343 e. The Balaban J connectivity index is 0.761. The van der Waals surface area contributed by atoms with Gasteiger partial charge in [-0.3, -0.25) is 62.5 Å². The van der Waals surface area contributed by atoms with Gasteiger partial charge in [-0.2, -0.15) is 0 Å². The molecule has 0 spiro atoms. The van der Waals surface area contributed by atoms with Crippen molar-refractivity contribution < 1.29 is 80.9 Å². The molecule has 1 fully saturated rings. The summed E-state index contributed by atoms with van der Waals surface area (Å²) in [5.74, 6) is -8.80. The molecule has 2 aromatic heterocycles. The van der Waals surface area contributed by atoms with E-state index in [1.807, 2.05) is 5.48 Å². The number of aryl methyl sites for hydroxylation is 1. The molecule has 426 valence electrons. The van der Waals surface area contributed by atoms with Crippen molar-refractivity contribution in [3.05, 3.63) is 73.8 Å². The highest BCUT2D eigenvalue weighted by Crippen LogP contribution is 2.46. The van der Waals surface area contributed by atoms with E-state index in [1.165, 1.54) is 23.6 Å². The van der Waals surface area contributed by atoms with E-state index in [0.717, 1.165) is 22.0 Å². The number of aliphatic hydroxyl groups is 1. The second-order valence-electron chi connectivity index (χ2n) is 19.4. The molecule has 10 amide bonds. The van der Waals surface area contributed by atoms with Gasteiger partial charge in [-0.25, -0.2) is 24.0 Å². The number of nitrogens with zero attached hydrogens (tertiary/aromatic N) is 4. The zero-order valence-corrected chi connectivity index (χ0v) is 43.5. The van der Waals surface area contributed by atoms with E-state index >= 15 is 8.78 Å². The third-order valence-corrected chi connectivity index (χ3v) is 14.4. The number of hydrogen-bond acceptors (Lipinski definition) is 17. The van der Waals surface area contributed by atoms with Gasteiger partial charge in [-0.05, 0) is 62.3 Å². The summed E-state index contributed by atoms with van der Waals surface area (Å²) >= 11 is 0. The van der Waals surface area contributed by atoms with Crippen LogP contribution in [0.4, 0.5) is 8.78 Å². The second-order valence-corrected chi connectivity index (χ2v) is 19.4. The molecule has 5 aliphatic rings. The number of ether oxygens (including phenoxy) is 2. The number of amides is 10. The molecule has 8 rings (SSSR count). The molecule has 29 heteroatoms. The van der Waals surface area contributed by atoms with Crippen LogP contribution in [-0.4, -0.2) is 167 Å². The average molecular weight is 1120 g/mol. The minimum Gasteiger partial charge on any atom is -0.458 e. The Kier molecular flexibility index (Phi) is 17.4. The Labute approximate surface area is 452 Å². The summed E-state index contributed by atoms with van der Waals surface area (Å²) in [5.41, 5.74) is 2.56. The lowest BCUT2D eigenvalue weighted by Crippen LogP contribution is -2.53. The van der Waals surface area contributed by atoms with Crippen LogP contribution in [0.3, 0.4) is 0 Å². The monoisotopic (exact) mass is 1120 g/mol. The minimum atomic E-state index is -2.09. The first-order valence-corrected chi connectivity index (χ1v) is 25.6. The molecule has 3 aromatic rings. The molecule has 0 bridgehead atoms. The second kappa shape index (κ2) is 24.2. The van der Waals surface area contributed by atoms with Crippen LogP contribution in [0.5, 0.6) is 0 Å².